The zero-order chi connectivity index (χ0) is 40.4. The van der Waals surface area contributed by atoms with Gasteiger partial charge in [-0.05, 0) is 92.9 Å². The zero-order valence-electron chi connectivity index (χ0n) is 33.6. The van der Waals surface area contributed by atoms with Crippen molar-refractivity contribution in [1.29, 1.82) is 0 Å². The minimum atomic E-state index is -0.0539. The van der Waals surface area contributed by atoms with Gasteiger partial charge in [0, 0.05) is 38.4 Å². The zero-order valence-corrected chi connectivity index (χ0v) is 33.6. The molecular weight excluding hydrogens is 747 g/mol. The lowest BCUT2D eigenvalue weighted by Crippen LogP contribution is -2.17. The second kappa shape index (κ2) is 12.7. The average Bonchev–Trinajstić information content (AvgIpc) is 3.95. The maximum absolute atomic E-state index is 6.79. The van der Waals surface area contributed by atoms with E-state index < -0.39 is 0 Å². The topological polar surface area (TPSA) is 65.0 Å². The summed E-state index contributed by atoms with van der Waals surface area (Å²) in [7, 11) is 0. The van der Waals surface area contributed by atoms with Gasteiger partial charge < -0.3 is 8.83 Å². The molecule has 3 heterocycles. The van der Waals surface area contributed by atoms with E-state index in [0.29, 0.717) is 17.5 Å². The minimum Gasteiger partial charge on any atom is -0.455 e. The Kier molecular flexibility index (Phi) is 7.12. The summed E-state index contributed by atoms with van der Waals surface area (Å²) < 4.78 is 13.3. The van der Waals surface area contributed by atoms with Crippen molar-refractivity contribution < 1.29 is 8.83 Å². The molecule has 3 aromatic heterocycles. The number of para-hydroxylation sites is 3. The number of rotatable bonds is 4. The van der Waals surface area contributed by atoms with Crippen LogP contribution in [0, 0.1) is 0 Å². The van der Waals surface area contributed by atoms with Crippen molar-refractivity contribution in [2.45, 2.75) is 31.6 Å². The molecule has 1 unspecified atom stereocenters. The van der Waals surface area contributed by atoms with Gasteiger partial charge in [0.2, 0.25) is 0 Å². The molecule has 13 rings (SSSR count). The average molecular weight is 784 g/mol. The van der Waals surface area contributed by atoms with Crippen LogP contribution in [0.15, 0.2) is 179 Å². The first kappa shape index (κ1) is 34.3. The second-order valence-electron chi connectivity index (χ2n) is 17.1. The molecule has 1 atom stereocenters. The SMILES string of the molecule is CC1(C)c2ccccc2-c2cc3c(cc21)CC(c1ccc2oc4c(-c5nc(-c6ccccc6)nc(-c6cccc7c6oc6ccccc67)n5)cccc4c2c1)c1ccccc1-3. The van der Waals surface area contributed by atoms with Crippen LogP contribution in [-0.4, -0.2) is 15.0 Å². The summed E-state index contributed by atoms with van der Waals surface area (Å²) in [5.74, 6) is 1.85. The van der Waals surface area contributed by atoms with Gasteiger partial charge in [-0.15, -0.1) is 0 Å². The van der Waals surface area contributed by atoms with E-state index >= 15 is 0 Å². The van der Waals surface area contributed by atoms with Crippen molar-refractivity contribution in [2.75, 3.05) is 0 Å². The van der Waals surface area contributed by atoms with E-state index in [1.54, 1.807) is 0 Å². The van der Waals surface area contributed by atoms with E-state index in [1.165, 1.54) is 50.1 Å². The molecule has 0 bridgehead atoms. The fraction of sp³-hybridized carbons (Fsp3) is 0.0893. The highest BCUT2D eigenvalue weighted by Crippen LogP contribution is 2.53. The van der Waals surface area contributed by atoms with Crippen LogP contribution < -0.4 is 0 Å². The first-order valence-electron chi connectivity index (χ1n) is 21.0. The predicted molar refractivity (Wildman–Crippen MR) is 246 cm³/mol. The summed E-state index contributed by atoms with van der Waals surface area (Å²) in [5, 5.41) is 4.18. The third kappa shape index (κ3) is 5.04. The van der Waals surface area contributed by atoms with Crippen LogP contribution in [-0.2, 0) is 11.8 Å². The highest BCUT2D eigenvalue weighted by Gasteiger charge is 2.37. The molecule has 0 aliphatic heterocycles. The van der Waals surface area contributed by atoms with Crippen LogP contribution >= 0.6 is 0 Å². The Morgan fingerprint density at radius 3 is 1.84 bits per heavy atom. The van der Waals surface area contributed by atoms with Gasteiger partial charge in [0.25, 0.3) is 0 Å². The molecule has 0 radical (unpaired) electrons. The molecule has 2 aliphatic rings. The van der Waals surface area contributed by atoms with E-state index in [1.807, 2.05) is 66.7 Å². The highest BCUT2D eigenvalue weighted by molar-refractivity contribution is 6.10. The summed E-state index contributed by atoms with van der Waals surface area (Å²) in [6.07, 6.45) is 0.923. The van der Waals surface area contributed by atoms with Crippen LogP contribution in [0.3, 0.4) is 0 Å². The molecule has 11 aromatic rings. The Balaban J connectivity index is 0.950. The van der Waals surface area contributed by atoms with Gasteiger partial charge in [-0.1, -0.05) is 147 Å². The number of nitrogens with zero attached hydrogens (tertiary/aromatic N) is 3. The van der Waals surface area contributed by atoms with Gasteiger partial charge in [0.1, 0.15) is 22.3 Å². The van der Waals surface area contributed by atoms with Gasteiger partial charge in [0.15, 0.2) is 17.5 Å². The lowest BCUT2D eigenvalue weighted by molar-refractivity contribution is 0.657. The Morgan fingerprint density at radius 2 is 1.05 bits per heavy atom. The molecule has 0 spiro atoms. The van der Waals surface area contributed by atoms with Gasteiger partial charge in [-0.25, -0.2) is 15.0 Å². The lowest BCUT2D eigenvalue weighted by atomic mass is 9.73. The van der Waals surface area contributed by atoms with Gasteiger partial charge in [-0.3, -0.25) is 0 Å². The fourth-order valence-electron chi connectivity index (χ4n) is 10.4. The summed E-state index contributed by atoms with van der Waals surface area (Å²) in [6.45, 7) is 4.73. The summed E-state index contributed by atoms with van der Waals surface area (Å²) in [5.41, 5.74) is 17.9. The number of aromatic nitrogens is 3. The van der Waals surface area contributed by atoms with Crippen molar-refractivity contribution in [3.63, 3.8) is 0 Å². The summed E-state index contributed by atoms with van der Waals surface area (Å²) >= 11 is 0. The van der Waals surface area contributed by atoms with E-state index in [9.17, 15) is 0 Å². The standard InChI is InChI=1S/C56H37N3O2/c1-56(2)47-24-10-8-18-37(47)45-31-44-34(30-48(45)56)29-43(35-16-6-7-17-36(35)44)33-26-27-50-46(28-33)40-21-13-23-42(52(40)61-50)55-58-53(32-14-4-3-5-15-32)57-54(59-55)41-22-12-20-39-38-19-9-11-25-49(38)60-51(39)41/h3-28,30-31,43H,29H2,1-2H3. The van der Waals surface area contributed by atoms with Crippen molar-refractivity contribution in [3.8, 4) is 56.4 Å². The largest absolute Gasteiger partial charge is 0.455 e. The molecule has 0 saturated heterocycles. The predicted octanol–water partition coefficient (Wildman–Crippen LogP) is 14.3. The first-order chi connectivity index (χ1) is 30.0. The van der Waals surface area contributed by atoms with E-state index in [-0.39, 0.29) is 11.3 Å². The van der Waals surface area contributed by atoms with E-state index in [0.717, 1.165) is 67.0 Å². The fourth-order valence-corrected chi connectivity index (χ4v) is 10.4. The van der Waals surface area contributed by atoms with Gasteiger partial charge in [0.05, 0.1) is 11.1 Å². The quantitative estimate of drug-likeness (QED) is 0.178. The van der Waals surface area contributed by atoms with Gasteiger partial charge in [-0.2, -0.15) is 0 Å². The maximum atomic E-state index is 6.79. The normalized spacial score (nSPS) is 15.0. The summed E-state index contributed by atoms with van der Waals surface area (Å²) in [4.78, 5) is 15.4. The van der Waals surface area contributed by atoms with Crippen LogP contribution in [0.5, 0.6) is 0 Å². The lowest BCUT2D eigenvalue weighted by Gasteiger charge is -2.30. The molecule has 5 heteroatoms. The summed E-state index contributed by atoms with van der Waals surface area (Å²) in [6, 6.07) is 60.2. The minimum absolute atomic E-state index is 0.0539. The van der Waals surface area contributed by atoms with Crippen molar-refractivity contribution in [3.05, 3.63) is 198 Å². The van der Waals surface area contributed by atoms with Crippen LogP contribution in [0.4, 0.5) is 0 Å². The Bertz CT molecular complexity index is 3610. The van der Waals surface area contributed by atoms with E-state index in [2.05, 4.69) is 117 Å². The number of hydrogen-bond acceptors (Lipinski definition) is 5. The Hall–Kier alpha value is -7.63. The molecule has 0 fully saturated rings. The monoisotopic (exact) mass is 783 g/mol. The maximum Gasteiger partial charge on any atom is 0.167 e. The molecular formula is C56H37N3O2. The third-order valence-corrected chi connectivity index (χ3v) is 13.3. The number of fused-ring (bicyclic) bond motifs is 12. The van der Waals surface area contributed by atoms with Crippen molar-refractivity contribution >= 4 is 43.9 Å². The molecule has 0 saturated carbocycles. The van der Waals surface area contributed by atoms with Crippen LogP contribution in [0.1, 0.15) is 47.6 Å². The van der Waals surface area contributed by atoms with Gasteiger partial charge >= 0.3 is 0 Å². The number of furan rings is 2. The second-order valence-corrected chi connectivity index (χ2v) is 17.1. The molecule has 5 nitrogen and oxygen atoms in total. The Labute approximate surface area is 352 Å². The molecule has 0 N–H and O–H groups in total. The van der Waals surface area contributed by atoms with Crippen molar-refractivity contribution in [2.24, 2.45) is 0 Å². The number of hydrogen-bond donors (Lipinski definition) is 0. The van der Waals surface area contributed by atoms with Crippen molar-refractivity contribution in [1.82, 2.24) is 15.0 Å². The molecule has 61 heavy (non-hydrogen) atoms. The highest BCUT2D eigenvalue weighted by atomic mass is 16.3. The number of benzene rings is 8. The third-order valence-electron chi connectivity index (χ3n) is 13.3. The van der Waals surface area contributed by atoms with Crippen LogP contribution in [0.2, 0.25) is 0 Å². The van der Waals surface area contributed by atoms with Crippen LogP contribution in [0.25, 0.3) is 100 Å². The molecule has 288 valence electrons. The molecule has 0 amide bonds. The Morgan fingerprint density at radius 1 is 0.443 bits per heavy atom. The molecule has 8 aromatic carbocycles. The van der Waals surface area contributed by atoms with E-state index in [4.69, 9.17) is 23.8 Å². The smallest absolute Gasteiger partial charge is 0.167 e. The molecule has 2 aliphatic carbocycles. The first-order valence-corrected chi connectivity index (χ1v) is 21.0.